The Balaban J connectivity index is 1.90. The molecule has 0 aromatic rings. The lowest BCUT2D eigenvalue weighted by Crippen LogP contribution is -2.36. The lowest BCUT2D eigenvalue weighted by molar-refractivity contribution is 0.194. The number of nitrogens with one attached hydrogen (secondary N) is 1. The minimum atomic E-state index is 0.403. The number of amidine groups is 1. The summed E-state index contributed by atoms with van der Waals surface area (Å²) in [4.78, 5) is 4.63. The molecule has 2 atom stereocenters. The van der Waals surface area contributed by atoms with Crippen molar-refractivity contribution in [2.75, 3.05) is 19.0 Å². The van der Waals surface area contributed by atoms with Crippen LogP contribution in [0, 0.1) is 0 Å². The van der Waals surface area contributed by atoms with E-state index in [9.17, 15) is 0 Å². The third-order valence-corrected chi connectivity index (χ3v) is 3.30. The summed E-state index contributed by atoms with van der Waals surface area (Å²) >= 11 is 1.84. The van der Waals surface area contributed by atoms with Crippen LogP contribution in [0.3, 0.4) is 0 Å². The first-order valence-corrected chi connectivity index (χ1v) is 5.88. The van der Waals surface area contributed by atoms with Crippen LogP contribution in [0.1, 0.15) is 19.8 Å². The normalized spacial score (nSPS) is 37.8. The molecule has 2 aliphatic rings. The van der Waals surface area contributed by atoms with Crippen LogP contribution in [0.5, 0.6) is 0 Å². The second-order valence-corrected chi connectivity index (χ2v) is 4.72. The minimum Gasteiger partial charge on any atom is -0.379 e. The van der Waals surface area contributed by atoms with Gasteiger partial charge in [-0.1, -0.05) is 11.8 Å². The number of nitrogens with zero attached hydrogens (tertiary/aromatic N) is 1. The molecule has 0 spiro atoms. The molecule has 0 aliphatic carbocycles. The molecule has 2 rings (SSSR count). The van der Waals surface area contributed by atoms with Crippen molar-refractivity contribution in [1.29, 1.82) is 0 Å². The smallest absolute Gasteiger partial charge is 0.157 e. The predicted molar refractivity (Wildman–Crippen MR) is 56.3 cm³/mol. The van der Waals surface area contributed by atoms with Crippen LogP contribution in [-0.4, -0.2) is 36.2 Å². The van der Waals surface area contributed by atoms with Crippen molar-refractivity contribution in [3.8, 4) is 0 Å². The van der Waals surface area contributed by atoms with Crippen LogP contribution < -0.4 is 5.32 Å². The Morgan fingerprint density at radius 1 is 1.54 bits per heavy atom. The molecule has 0 saturated carbocycles. The summed E-state index contributed by atoms with van der Waals surface area (Å²) in [6.07, 6.45) is 2.32. The van der Waals surface area contributed by atoms with E-state index in [1.807, 2.05) is 11.8 Å². The van der Waals surface area contributed by atoms with E-state index in [0.29, 0.717) is 12.1 Å². The highest BCUT2D eigenvalue weighted by molar-refractivity contribution is 8.13. The molecule has 2 unspecified atom stereocenters. The number of hydrogen-bond acceptors (Lipinski definition) is 3. The largest absolute Gasteiger partial charge is 0.379 e. The summed E-state index contributed by atoms with van der Waals surface area (Å²) in [5, 5.41) is 4.52. The SMILES string of the molecule is CC1CCSC(=NC2CCOC2)N1. The topological polar surface area (TPSA) is 33.6 Å². The Hall–Kier alpha value is -0.220. The van der Waals surface area contributed by atoms with Gasteiger partial charge in [-0.15, -0.1) is 0 Å². The van der Waals surface area contributed by atoms with Gasteiger partial charge in [0, 0.05) is 18.4 Å². The molecule has 0 aromatic heterocycles. The van der Waals surface area contributed by atoms with Crippen molar-refractivity contribution in [2.24, 2.45) is 4.99 Å². The third-order valence-electron chi connectivity index (χ3n) is 2.36. The lowest BCUT2D eigenvalue weighted by Gasteiger charge is -2.22. The number of aliphatic imine (C=N–C) groups is 1. The Kier molecular flexibility index (Phi) is 3.11. The first kappa shape index (κ1) is 9.34. The molecular weight excluding hydrogens is 184 g/mol. The zero-order chi connectivity index (χ0) is 9.10. The predicted octanol–water partition coefficient (Wildman–Crippen LogP) is 1.25. The number of hydrogen-bond donors (Lipinski definition) is 1. The van der Waals surface area contributed by atoms with E-state index >= 15 is 0 Å². The fourth-order valence-corrected chi connectivity index (χ4v) is 2.69. The van der Waals surface area contributed by atoms with Gasteiger partial charge in [-0.25, -0.2) is 0 Å². The molecule has 0 bridgehead atoms. The van der Waals surface area contributed by atoms with Gasteiger partial charge in [0.2, 0.25) is 0 Å². The highest BCUT2D eigenvalue weighted by Gasteiger charge is 2.18. The van der Waals surface area contributed by atoms with Gasteiger partial charge < -0.3 is 10.1 Å². The van der Waals surface area contributed by atoms with Crippen LogP contribution >= 0.6 is 11.8 Å². The van der Waals surface area contributed by atoms with Crippen molar-refractivity contribution in [1.82, 2.24) is 5.32 Å². The molecular formula is C9H16N2OS. The van der Waals surface area contributed by atoms with Gasteiger partial charge in [0.15, 0.2) is 5.17 Å². The van der Waals surface area contributed by atoms with Gasteiger partial charge in [0.1, 0.15) is 0 Å². The summed E-state index contributed by atoms with van der Waals surface area (Å²) in [5.74, 6) is 1.20. The maximum Gasteiger partial charge on any atom is 0.157 e. The van der Waals surface area contributed by atoms with Gasteiger partial charge in [-0.2, -0.15) is 0 Å². The Labute approximate surface area is 83.3 Å². The van der Waals surface area contributed by atoms with Crippen molar-refractivity contribution in [2.45, 2.75) is 31.8 Å². The summed E-state index contributed by atoms with van der Waals surface area (Å²) < 4.78 is 5.28. The van der Waals surface area contributed by atoms with E-state index in [1.54, 1.807) is 0 Å². The zero-order valence-corrected chi connectivity index (χ0v) is 8.77. The van der Waals surface area contributed by atoms with E-state index in [-0.39, 0.29) is 0 Å². The Morgan fingerprint density at radius 3 is 3.15 bits per heavy atom. The van der Waals surface area contributed by atoms with Crippen LogP contribution in [0.4, 0.5) is 0 Å². The summed E-state index contributed by atoms with van der Waals surface area (Å²) in [7, 11) is 0. The monoisotopic (exact) mass is 200 g/mol. The first-order valence-electron chi connectivity index (χ1n) is 4.89. The first-order chi connectivity index (χ1) is 6.34. The maximum atomic E-state index is 5.28. The molecule has 4 heteroatoms. The summed E-state index contributed by atoms with van der Waals surface area (Å²) in [5.41, 5.74) is 0. The van der Waals surface area contributed by atoms with Crippen molar-refractivity contribution < 1.29 is 4.74 Å². The molecule has 3 nitrogen and oxygen atoms in total. The maximum absolute atomic E-state index is 5.28. The standard InChI is InChI=1S/C9H16N2OS/c1-7-3-5-13-9(10-7)11-8-2-4-12-6-8/h7-8H,2-6H2,1H3,(H,10,11). The van der Waals surface area contributed by atoms with Crippen molar-refractivity contribution >= 4 is 16.9 Å². The molecule has 2 heterocycles. The minimum absolute atomic E-state index is 0.403. The molecule has 74 valence electrons. The fourth-order valence-electron chi connectivity index (χ4n) is 1.52. The van der Waals surface area contributed by atoms with Gasteiger partial charge in [0.25, 0.3) is 0 Å². The third kappa shape index (κ3) is 2.61. The van der Waals surface area contributed by atoms with Gasteiger partial charge in [-0.05, 0) is 19.8 Å². The summed E-state index contributed by atoms with van der Waals surface area (Å²) in [6, 6.07) is 0.989. The lowest BCUT2D eigenvalue weighted by atomic mass is 10.2. The molecule has 0 radical (unpaired) electrons. The van der Waals surface area contributed by atoms with Gasteiger partial charge in [-0.3, -0.25) is 4.99 Å². The molecule has 0 amide bonds. The van der Waals surface area contributed by atoms with E-state index in [4.69, 9.17) is 4.74 Å². The van der Waals surface area contributed by atoms with Crippen LogP contribution in [0.2, 0.25) is 0 Å². The Bertz CT molecular complexity index is 202. The van der Waals surface area contributed by atoms with Gasteiger partial charge in [0.05, 0.1) is 12.6 Å². The average molecular weight is 200 g/mol. The van der Waals surface area contributed by atoms with E-state index in [2.05, 4.69) is 17.2 Å². The van der Waals surface area contributed by atoms with E-state index in [1.165, 1.54) is 12.2 Å². The second kappa shape index (κ2) is 4.33. The van der Waals surface area contributed by atoms with Gasteiger partial charge >= 0.3 is 0 Å². The fraction of sp³-hybridized carbons (Fsp3) is 0.889. The quantitative estimate of drug-likeness (QED) is 0.691. The number of thioether (sulfide) groups is 1. The van der Waals surface area contributed by atoms with Crippen LogP contribution in [-0.2, 0) is 4.74 Å². The Morgan fingerprint density at radius 2 is 2.46 bits per heavy atom. The second-order valence-electron chi connectivity index (χ2n) is 3.63. The van der Waals surface area contributed by atoms with Crippen molar-refractivity contribution in [3.05, 3.63) is 0 Å². The average Bonchev–Trinajstić information content (AvgIpc) is 2.57. The molecule has 1 N–H and O–H groups in total. The number of rotatable bonds is 1. The number of ether oxygens (including phenoxy) is 1. The zero-order valence-electron chi connectivity index (χ0n) is 7.95. The highest BCUT2D eigenvalue weighted by atomic mass is 32.2. The van der Waals surface area contributed by atoms with Crippen LogP contribution in [0.25, 0.3) is 0 Å². The summed E-state index contributed by atoms with van der Waals surface area (Å²) in [6.45, 7) is 3.89. The van der Waals surface area contributed by atoms with E-state index in [0.717, 1.165) is 24.8 Å². The van der Waals surface area contributed by atoms with Crippen molar-refractivity contribution in [3.63, 3.8) is 0 Å². The molecule has 2 fully saturated rings. The van der Waals surface area contributed by atoms with E-state index < -0.39 is 0 Å². The van der Waals surface area contributed by atoms with Crippen LogP contribution in [0.15, 0.2) is 4.99 Å². The molecule has 2 aliphatic heterocycles. The highest BCUT2D eigenvalue weighted by Crippen LogP contribution is 2.16. The molecule has 2 saturated heterocycles. The molecule has 13 heavy (non-hydrogen) atoms. The molecule has 0 aromatic carbocycles.